The molecule has 0 spiro atoms. The second-order valence-corrected chi connectivity index (χ2v) is 5.93. The Kier molecular flexibility index (Phi) is 3.62. The van der Waals surface area contributed by atoms with E-state index in [2.05, 4.69) is 30.3 Å². The maximum Gasteiger partial charge on any atom is 0.269 e. The number of hydrogen-bond donors (Lipinski definition) is 0. The quantitative estimate of drug-likeness (QED) is 0.492. The largest absolute Gasteiger partial charge is 0.269 e. The van der Waals surface area contributed by atoms with Gasteiger partial charge in [-0.3, -0.25) is 10.1 Å². The van der Waals surface area contributed by atoms with Crippen molar-refractivity contribution in [3.05, 3.63) is 76.3 Å². The highest BCUT2D eigenvalue weighted by molar-refractivity contribution is 7.99. The second-order valence-electron chi connectivity index (χ2n) is 4.82. The van der Waals surface area contributed by atoms with Crippen molar-refractivity contribution in [1.29, 1.82) is 0 Å². The highest BCUT2D eigenvalue weighted by atomic mass is 32.2. The highest BCUT2D eigenvalue weighted by Crippen LogP contribution is 2.33. The first-order valence-electron chi connectivity index (χ1n) is 6.55. The number of nitro groups is 1. The molecule has 0 aliphatic carbocycles. The van der Waals surface area contributed by atoms with Crippen molar-refractivity contribution < 1.29 is 4.92 Å². The summed E-state index contributed by atoms with van der Waals surface area (Å²) in [7, 11) is 0. The Morgan fingerprint density at radius 2 is 1.71 bits per heavy atom. The maximum atomic E-state index is 10.8. The van der Waals surface area contributed by atoms with Gasteiger partial charge in [-0.1, -0.05) is 42.1 Å². The van der Waals surface area contributed by atoms with Crippen LogP contribution in [-0.4, -0.2) is 4.92 Å². The van der Waals surface area contributed by atoms with Crippen LogP contribution >= 0.6 is 11.8 Å². The van der Waals surface area contributed by atoms with Crippen LogP contribution < -0.4 is 0 Å². The lowest BCUT2D eigenvalue weighted by molar-refractivity contribution is -0.385. The fourth-order valence-corrected chi connectivity index (χ4v) is 3.15. The number of nitrogens with zero attached hydrogens (tertiary/aromatic N) is 1. The zero-order chi connectivity index (χ0) is 14.8. The van der Waals surface area contributed by atoms with Gasteiger partial charge in [-0.05, 0) is 41.5 Å². The first-order chi connectivity index (χ1) is 10.1. The van der Waals surface area contributed by atoms with Crippen LogP contribution in [0.3, 0.4) is 0 Å². The van der Waals surface area contributed by atoms with Gasteiger partial charge in [0, 0.05) is 21.9 Å². The molecule has 0 aliphatic heterocycles. The van der Waals surface area contributed by atoms with E-state index in [1.54, 1.807) is 23.9 Å². The third-order valence-electron chi connectivity index (χ3n) is 3.32. The van der Waals surface area contributed by atoms with Gasteiger partial charge in [0.15, 0.2) is 0 Å². The van der Waals surface area contributed by atoms with E-state index < -0.39 is 0 Å². The predicted molar refractivity (Wildman–Crippen MR) is 85.9 cm³/mol. The van der Waals surface area contributed by atoms with Crippen molar-refractivity contribution in [3.63, 3.8) is 0 Å². The molecule has 0 aromatic heterocycles. The molecule has 21 heavy (non-hydrogen) atoms. The average Bonchev–Trinajstić information content (AvgIpc) is 2.49. The molecule has 3 rings (SSSR count). The van der Waals surface area contributed by atoms with Crippen molar-refractivity contribution in [2.75, 3.05) is 0 Å². The molecule has 0 unspecified atom stereocenters. The summed E-state index contributed by atoms with van der Waals surface area (Å²) in [5.74, 6) is 0. The van der Waals surface area contributed by atoms with E-state index in [1.165, 1.54) is 10.8 Å². The minimum Gasteiger partial charge on any atom is -0.258 e. The van der Waals surface area contributed by atoms with E-state index in [9.17, 15) is 10.1 Å². The van der Waals surface area contributed by atoms with Crippen molar-refractivity contribution in [3.8, 4) is 0 Å². The monoisotopic (exact) mass is 295 g/mol. The molecule has 0 amide bonds. The summed E-state index contributed by atoms with van der Waals surface area (Å²) < 4.78 is 0. The van der Waals surface area contributed by atoms with Gasteiger partial charge in [0.1, 0.15) is 0 Å². The smallest absolute Gasteiger partial charge is 0.258 e. The topological polar surface area (TPSA) is 43.1 Å². The summed E-state index contributed by atoms with van der Waals surface area (Å²) in [6.07, 6.45) is 0. The summed E-state index contributed by atoms with van der Waals surface area (Å²) in [5, 5.41) is 13.2. The van der Waals surface area contributed by atoms with Gasteiger partial charge in [0.05, 0.1) is 4.92 Å². The van der Waals surface area contributed by atoms with E-state index >= 15 is 0 Å². The number of benzene rings is 3. The molecule has 0 atom stereocenters. The summed E-state index contributed by atoms with van der Waals surface area (Å²) in [6, 6.07) is 19.5. The lowest BCUT2D eigenvalue weighted by Gasteiger charge is -2.06. The minimum absolute atomic E-state index is 0.135. The van der Waals surface area contributed by atoms with Gasteiger partial charge >= 0.3 is 0 Å². The molecule has 3 aromatic rings. The Labute approximate surface area is 126 Å². The van der Waals surface area contributed by atoms with Gasteiger partial charge in [0.25, 0.3) is 5.69 Å². The number of aryl methyl sites for hydroxylation is 1. The average molecular weight is 295 g/mol. The third-order valence-corrected chi connectivity index (χ3v) is 4.49. The van der Waals surface area contributed by atoms with Crippen LogP contribution in [0.15, 0.2) is 70.5 Å². The molecule has 0 saturated heterocycles. The summed E-state index contributed by atoms with van der Waals surface area (Å²) in [4.78, 5) is 12.6. The van der Waals surface area contributed by atoms with Gasteiger partial charge in [-0.2, -0.15) is 0 Å². The van der Waals surface area contributed by atoms with Crippen molar-refractivity contribution in [2.45, 2.75) is 16.7 Å². The van der Waals surface area contributed by atoms with E-state index in [0.29, 0.717) is 0 Å². The summed E-state index contributed by atoms with van der Waals surface area (Å²) in [5.41, 5.74) is 1.05. The Balaban J connectivity index is 1.93. The lowest BCUT2D eigenvalue weighted by atomic mass is 10.1. The maximum absolute atomic E-state index is 10.8. The molecular weight excluding hydrogens is 282 g/mol. The summed E-state index contributed by atoms with van der Waals surface area (Å²) >= 11 is 1.63. The Morgan fingerprint density at radius 1 is 0.952 bits per heavy atom. The van der Waals surface area contributed by atoms with E-state index in [-0.39, 0.29) is 10.6 Å². The van der Waals surface area contributed by atoms with Crippen LogP contribution in [0.25, 0.3) is 10.8 Å². The second kappa shape index (κ2) is 5.58. The third kappa shape index (κ3) is 2.90. The van der Waals surface area contributed by atoms with Crippen LogP contribution in [0.1, 0.15) is 5.56 Å². The lowest BCUT2D eigenvalue weighted by Crippen LogP contribution is -1.89. The molecule has 0 aliphatic rings. The molecule has 0 radical (unpaired) electrons. The van der Waals surface area contributed by atoms with E-state index in [0.717, 1.165) is 15.4 Å². The first-order valence-corrected chi connectivity index (χ1v) is 7.37. The Morgan fingerprint density at radius 3 is 2.43 bits per heavy atom. The van der Waals surface area contributed by atoms with Crippen molar-refractivity contribution >= 4 is 28.2 Å². The van der Waals surface area contributed by atoms with Crippen molar-refractivity contribution in [1.82, 2.24) is 0 Å². The molecule has 4 heteroatoms. The van der Waals surface area contributed by atoms with Gasteiger partial charge in [-0.25, -0.2) is 0 Å². The predicted octanol–water partition coefficient (Wildman–Crippen LogP) is 5.21. The Bertz CT molecular complexity index is 830. The zero-order valence-corrected chi connectivity index (χ0v) is 12.3. The SMILES string of the molecule is Cc1cc([N+](=O)[O-])ccc1Sc1ccc2ccccc2c1. The molecule has 0 heterocycles. The molecular formula is C17H13NO2S. The molecule has 0 fully saturated rings. The van der Waals surface area contributed by atoms with Crippen LogP contribution in [0.2, 0.25) is 0 Å². The number of nitro benzene ring substituents is 1. The van der Waals surface area contributed by atoms with Crippen LogP contribution in [0.4, 0.5) is 5.69 Å². The molecule has 0 N–H and O–H groups in total. The van der Waals surface area contributed by atoms with Crippen molar-refractivity contribution in [2.24, 2.45) is 0 Å². The van der Waals surface area contributed by atoms with Gasteiger partial charge in [-0.15, -0.1) is 0 Å². The fraction of sp³-hybridized carbons (Fsp3) is 0.0588. The number of rotatable bonds is 3. The zero-order valence-electron chi connectivity index (χ0n) is 11.4. The Hall–Kier alpha value is -2.33. The molecule has 0 saturated carbocycles. The first kappa shape index (κ1) is 13.6. The minimum atomic E-state index is -0.364. The summed E-state index contributed by atoms with van der Waals surface area (Å²) in [6.45, 7) is 1.90. The number of hydrogen-bond acceptors (Lipinski definition) is 3. The number of non-ortho nitro benzene ring substituents is 1. The standard InChI is InChI=1S/C17H13NO2S/c1-12-10-15(18(19)20)7-9-17(12)21-16-8-6-13-4-2-3-5-14(13)11-16/h2-11H,1H3. The molecule has 0 bridgehead atoms. The normalized spacial score (nSPS) is 10.7. The van der Waals surface area contributed by atoms with Crippen LogP contribution in [-0.2, 0) is 0 Å². The van der Waals surface area contributed by atoms with Gasteiger partial charge in [0.2, 0.25) is 0 Å². The molecule has 104 valence electrons. The number of fused-ring (bicyclic) bond motifs is 1. The van der Waals surface area contributed by atoms with Crippen LogP contribution in [0.5, 0.6) is 0 Å². The highest BCUT2D eigenvalue weighted by Gasteiger charge is 2.09. The van der Waals surface area contributed by atoms with Gasteiger partial charge < -0.3 is 0 Å². The molecule has 3 aromatic carbocycles. The van der Waals surface area contributed by atoms with Crippen LogP contribution in [0, 0.1) is 17.0 Å². The van der Waals surface area contributed by atoms with E-state index in [4.69, 9.17) is 0 Å². The molecule has 3 nitrogen and oxygen atoms in total. The van der Waals surface area contributed by atoms with E-state index in [1.807, 2.05) is 25.1 Å². The fourth-order valence-electron chi connectivity index (χ4n) is 2.22.